The fourth-order valence-electron chi connectivity index (χ4n) is 2.46. The summed E-state index contributed by atoms with van der Waals surface area (Å²) in [4.78, 5) is 0. The minimum Gasteiger partial charge on any atom is -0.398 e. The van der Waals surface area contributed by atoms with E-state index in [0.717, 1.165) is 16.8 Å². The lowest BCUT2D eigenvalue weighted by atomic mass is 9.95. The summed E-state index contributed by atoms with van der Waals surface area (Å²) in [6.07, 6.45) is 1.80. The van der Waals surface area contributed by atoms with Crippen LogP contribution in [0.1, 0.15) is 5.56 Å². The second-order valence-electron chi connectivity index (χ2n) is 4.54. The maximum atomic E-state index is 6.25. The van der Waals surface area contributed by atoms with E-state index in [9.17, 15) is 0 Å². The van der Waals surface area contributed by atoms with Gasteiger partial charge in [0.05, 0.1) is 0 Å². The molecule has 0 atom stereocenters. The normalized spacial score (nSPS) is 10.5. The van der Waals surface area contributed by atoms with Crippen LogP contribution in [0.25, 0.3) is 28.0 Å². The van der Waals surface area contributed by atoms with Crippen LogP contribution in [0.4, 0.5) is 5.69 Å². The van der Waals surface area contributed by atoms with Crippen LogP contribution in [0.15, 0.2) is 67.2 Å². The summed E-state index contributed by atoms with van der Waals surface area (Å²) < 4.78 is 0. The van der Waals surface area contributed by atoms with Crippen LogP contribution in [0, 0.1) is 0 Å². The highest BCUT2D eigenvalue weighted by molar-refractivity contribution is 6.00. The van der Waals surface area contributed by atoms with Crippen molar-refractivity contribution in [3.63, 3.8) is 0 Å². The summed E-state index contributed by atoms with van der Waals surface area (Å²) in [5.74, 6) is 0. The fraction of sp³-hybridized carbons (Fsp3) is 0. The summed E-state index contributed by atoms with van der Waals surface area (Å²) in [6, 6.07) is 20.7. The molecule has 1 heteroatoms. The zero-order valence-electron chi connectivity index (χ0n) is 10.6. The van der Waals surface area contributed by atoms with Crippen LogP contribution in [-0.2, 0) is 0 Å². The first-order valence-electron chi connectivity index (χ1n) is 6.30. The van der Waals surface area contributed by atoms with Gasteiger partial charge in [0.2, 0.25) is 0 Å². The van der Waals surface area contributed by atoms with Gasteiger partial charge in [0.1, 0.15) is 0 Å². The molecule has 0 unspecified atom stereocenters. The molecule has 0 spiro atoms. The number of para-hydroxylation sites is 1. The van der Waals surface area contributed by atoms with Gasteiger partial charge in [-0.05, 0) is 21.9 Å². The lowest BCUT2D eigenvalue weighted by molar-refractivity contribution is 1.61. The van der Waals surface area contributed by atoms with E-state index < -0.39 is 0 Å². The maximum Gasteiger partial charge on any atom is 0.0467 e. The van der Waals surface area contributed by atoms with Gasteiger partial charge in [0.15, 0.2) is 0 Å². The Morgan fingerprint density at radius 3 is 2.32 bits per heavy atom. The number of anilines is 1. The summed E-state index contributed by atoms with van der Waals surface area (Å²) in [5.41, 5.74) is 10.2. The number of hydrogen-bond acceptors (Lipinski definition) is 1. The minimum atomic E-state index is 0.786. The number of hydrogen-bond donors (Lipinski definition) is 1. The summed E-state index contributed by atoms with van der Waals surface area (Å²) in [5, 5.41) is 2.45. The molecule has 3 aromatic rings. The monoisotopic (exact) mass is 245 g/mol. The Morgan fingerprint density at radius 1 is 0.789 bits per heavy atom. The van der Waals surface area contributed by atoms with Crippen LogP contribution >= 0.6 is 0 Å². The van der Waals surface area contributed by atoms with Crippen molar-refractivity contribution < 1.29 is 0 Å². The standard InChI is InChI=1S/C18H15N/c1-2-13-8-5-12-17(18(13)19)16-11-6-9-14-7-3-4-10-15(14)16/h2-12H,1,19H2. The molecule has 0 saturated carbocycles. The van der Waals surface area contributed by atoms with Crippen molar-refractivity contribution in [1.29, 1.82) is 0 Å². The van der Waals surface area contributed by atoms with Crippen LogP contribution in [0.3, 0.4) is 0 Å². The molecule has 0 bridgehead atoms. The molecular weight excluding hydrogens is 230 g/mol. The van der Waals surface area contributed by atoms with Crippen molar-refractivity contribution >= 4 is 22.5 Å². The molecule has 0 aliphatic rings. The molecule has 19 heavy (non-hydrogen) atoms. The summed E-state index contributed by atoms with van der Waals surface area (Å²) in [6.45, 7) is 3.81. The largest absolute Gasteiger partial charge is 0.398 e. The smallest absolute Gasteiger partial charge is 0.0467 e. The highest BCUT2D eigenvalue weighted by Gasteiger charge is 2.08. The van der Waals surface area contributed by atoms with Crippen LogP contribution in [-0.4, -0.2) is 0 Å². The van der Waals surface area contributed by atoms with Gasteiger partial charge in [-0.3, -0.25) is 0 Å². The van der Waals surface area contributed by atoms with E-state index >= 15 is 0 Å². The lowest BCUT2D eigenvalue weighted by Gasteiger charge is -2.11. The van der Waals surface area contributed by atoms with Crippen molar-refractivity contribution in [3.8, 4) is 11.1 Å². The SMILES string of the molecule is C=Cc1cccc(-c2cccc3ccccc23)c1N. The molecule has 3 aromatic carbocycles. The van der Waals surface area contributed by atoms with Gasteiger partial charge in [-0.15, -0.1) is 0 Å². The Kier molecular flexibility index (Phi) is 2.81. The predicted molar refractivity (Wildman–Crippen MR) is 83.9 cm³/mol. The molecule has 1 nitrogen and oxygen atoms in total. The topological polar surface area (TPSA) is 26.0 Å². The van der Waals surface area contributed by atoms with Crippen molar-refractivity contribution in [2.75, 3.05) is 5.73 Å². The molecule has 0 radical (unpaired) electrons. The molecule has 0 aliphatic heterocycles. The second kappa shape index (κ2) is 4.62. The molecule has 0 aromatic heterocycles. The lowest BCUT2D eigenvalue weighted by Crippen LogP contribution is -1.93. The zero-order valence-corrected chi connectivity index (χ0v) is 10.6. The van der Waals surface area contributed by atoms with E-state index in [4.69, 9.17) is 5.73 Å². The first-order valence-corrected chi connectivity index (χ1v) is 6.30. The van der Waals surface area contributed by atoms with E-state index in [1.165, 1.54) is 16.3 Å². The zero-order chi connectivity index (χ0) is 13.2. The Bertz CT molecular complexity index is 751. The Morgan fingerprint density at radius 2 is 1.47 bits per heavy atom. The highest BCUT2D eigenvalue weighted by atomic mass is 14.6. The number of nitrogens with two attached hydrogens (primary N) is 1. The molecule has 0 aliphatic carbocycles. The van der Waals surface area contributed by atoms with Gasteiger partial charge in [-0.2, -0.15) is 0 Å². The Labute approximate surface area is 113 Å². The predicted octanol–water partition coefficient (Wildman–Crippen LogP) is 4.73. The first kappa shape index (κ1) is 11.5. The first-order chi connectivity index (χ1) is 9.31. The van der Waals surface area contributed by atoms with Gasteiger partial charge >= 0.3 is 0 Å². The van der Waals surface area contributed by atoms with E-state index in [1.54, 1.807) is 6.08 Å². The van der Waals surface area contributed by atoms with Crippen molar-refractivity contribution in [1.82, 2.24) is 0 Å². The van der Waals surface area contributed by atoms with E-state index in [1.807, 2.05) is 12.1 Å². The molecule has 2 N–H and O–H groups in total. The van der Waals surface area contributed by atoms with Crippen molar-refractivity contribution in [3.05, 3.63) is 72.8 Å². The fourth-order valence-corrected chi connectivity index (χ4v) is 2.46. The van der Waals surface area contributed by atoms with Gasteiger partial charge in [0.25, 0.3) is 0 Å². The van der Waals surface area contributed by atoms with Gasteiger partial charge in [-0.25, -0.2) is 0 Å². The third-order valence-corrected chi connectivity index (χ3v) is 3.44. The van der Waals surface area contributed by atoms with Crippen molar-refractivity contribution in [2.24, 2.45) is 0 Å². The third kappa shape index (κ3) is 1.89. The second-order valence-corrected chi connectivity index (χ2v) is 4.54. The highest BCUT2D eigenvalue weighted by Crippen LogP contribution is 2.34. The van der Waals surface area contributed by atoms with Crippen LogP contribution < -0.4 is 5.73 Å². The summed E-state index contributed by atoms with van der Waals surface area (Å²) in [7, 11) is 0. The number of benzene rings is 3. The molecule has 0 saturated heterocycles. The quantitative estimate of drug-likeness (QED) is 0.649. The average Bonchev–Trinajstić information content (AvgIpc) is 2.47. The van der Waals surface area contributed by atoms with Gasteiger partial charge in [0, 0.05) is 11.3 Å². The van der Waals surface area contributed by atoms with E-state index in [-0.39, 0.29) is 0 Å². The average molecular weight is 245 g/mol. The Balaban J connectivity index is 2.34. The van der Waals surface area contributed by atoms with Gasteiger partial charge in [-0.1, -0.05) is 73.3 Å². The van der Waals surface area contributed by atoms with Crippen LogP contribution in [0.5, 0.6) is 0 Å². The van der Waals surface area contributed by atoms with E-state index in [0.29, 0.717) is 0 Å². The summed E-state index contributed by atoms with van der Waals surface area (Å²) >= 11 is 0. The molecule has 3 rings (SSSR count). The molecule has 92 valence electrons. The maximum absolute atomic E-state index is 6.25. The molecule has 0 fully saturated rings. The Hall–Kier alpha value is -2.54. The molecule has 0 heterocycles. The minimum absolute atomic E-state index is 0.786. The molecular formula is C18H15N. The molecule has 0 amide bonds. The number of nitrogen functional groups attached to an aromatic ring is 1. The van der Waals surface area contributed by atoms with Crippen LogP contribution in [0.2, 0.25) is 0 Å². The number of fused-ring (bicyclic) bond motifs is 1. The van der Waals surface area contributed by atoms with Crippen molar-refractivity contribution in [2.45, 2.75) is 0 Å². The van der Waals surface area contributed by atoms with Gasteiger partial charge < -0.3 is 5.73 Å². The number of rotatable bonds is 2. The van der Waals surface area contributed by atoms with E-state index in [2.05, 4.69) is 55.1 Å². The third-order valence-electron chi connectivity index (χ3n) is 3.44.